The van der Waals surface area contributed by atoms with Crippen LogP contribution in [0.5, 0.6) is 0 Å². The molecule has 1 fully saturated rings. The van der Waals surface area contributed by atoms with Gasteiger partial charge >= 0.3 is 6.03 Å². The summed E-state index contributed by atoms with van der Waals surface area (Å²) in [6.07, 6.45) is 1.20. The number of amides is 4. The number of carbonyl (C=O) groups is 3. The van der Waals surface area contributed by atoms with E-state index in [-0.39, 0.29) is 23.8 Å². The van der Waals surface area contributed by atoms with E-state index in [2.05, 4.69) is 16.0 Å². The Kier molecular flexibility index (Phi) is 6.81. The number of piperidine rings is 1. The van der Waals surface area contributed by atoms with E-state index in [0.29, 0.717) is 42.2 Å². The number of anilines is 3. The number of thiophene rings is 1. The Bertz CT molecular complexity index is 1080. The Morgan fingerprint density at radius 3 is 2.16 bits per heavy atom. The summed E-state index contributed by atoms with van der Waals surface area (Å²) in [7, 11) is 0. The van der Waals surface area contributed by atoms with Gasteiger partial charge in [0.1, 0.15) is 0 Å². The number of urea groups is 1. The monoisotopic (exact) mass is 448 g/mol. The maximum absolute atomic E-state index is 12.7. The van der Waals surface area contributed by atoms with E-state index in [0.717, 1.165) is 5.69 Å². The number of nitrogens with zero attached hydrogens (tertiary/aromatic N) is 1. The third kappa shape index (κ3) is 5.53. The van der Waals surface area contributed by atoms with Crippen molar-refractivity contribution >= 4 is 46.2 Å². The minimum Gasteiger partial charge on any atom is -0.326 e. The molecule has 2 heterocycles. The molecule has 164 valence electrons. The number of hydrogen-bond donors (Lipinski definition) is 3. The highest BCUT2D eigenvalue weighted by Gasteiger charge is 2.27. The molecule has 2 aromatic carbocycles. The first-order chi connectivity index (χ1) is 15.6. The van der Waals surface area contributed by atoms with E-state index in [4.69, 9.17) is 0 Å². The van der Waals surface area contributed by atoms with Crippen LogP contribution < -0.4 is 16.0 Å². The summed E-state index contributed by atoms with van der Waals surface area (Å²) < 4.78 is 0. The molecule has 1 aliphatic heterocycles. The van der Waals surface area contributed by atoms with Gasteiger partial charge in [-0.2, -0.15) is 0 Å². The van der Waals surface area contributed by atoms with Crippen molar-refractivity contribution in [3.05, 3.63) is 77.0 Å². The number of carbonyl (C=O) groups excluding carboxylic acids is 3. The lowest BCUT2D eigenvalue weighted by Gasteiger charge is -2.31. The van der Waals surface area contributed by atoms with E-state index in [1.54, 1.807) is 35.2 Å². The molecule has 32 heavy (non-hydrogen) atoms. The fourth-order valence-electron chi connectivity index (χ4n) is 3.59. The first kappa shape index (κ1) is 21.6. The first-order valence-electron chi connectivity index (χ1n) is 10.5. The van der Waals surface area contributed by atoms with Gasteiger partial charge in [0, 0.05) is 36.1 Å². The molecule has 0 aliphatic carbocycles. The summed E-state index contributed by atoms with van der Waals surface area (Å²) in [5.74, 6) is -0.417. The number of benzene rings is 2. The average Bonchev–Trinajstić information content (AvgIpc) is 3.35. The summed E-state index contributed by atoms with van der Waals surface area (Å²) in [5, 5.41) is 10.5. The molecule has 1 aromatic heterocycles. The van der Waals surface area contributed by atoms with E-state index in [9.17, 15) is 14.4 Å². The third-order valence-corrected chi connectivity index (χ3v) is 6.18. The van der Waals surface area contributed by atoms with Crippen LogP contribution in [0.25, 0.3) is 0 Å². The quantitative estimate of drug-likeness (QED) is 0.519. The predicted octanol–water partition coefficient (Wildman–Crippen LogP) is 4.88. The molecule has 1 saturated heterocycles. The Balaban J connectivity index is 1.27. The largest absolute Gasteiger partial charge is 0.326 e. The van der Waals surface area contributed by atoms with Crippen molar-refractivity contribution in [2.45, 2.75) is 12.8 Å². The molecule has 0 bridgehead atoms. The summed E-state index contributed by atoms with van der Waals surface area (Å²) in [5.41, 5.74) is 2.00. The van der Waals surface area contributed by atoms with Gasteiger partial charge < -0.3 is 20.9 Å². The lowest BCUT2D eigenvalue weighted by Crippen LogP contribution is -2.43. The van der Waals surface area contributed by atoms with Gasteiger partial charge in [0.2, 0.25) is 5.91 Å². The smallest absolute Gasteiger partial charge is 0.321 e. The summed E-state index contributed by atoms with van der Waals surface area (Å²) in [4.78, 5) is 39.8. The SMILES string of the molecule is O=C(Nc1cccc(NC(=O)C2CCN(C(=O)Nc3ccccc3)CC2)c1)c1cccs1. The van der Waals surface area contributed by atoms with Crippen LogP contribution in [-0.2, 0) is 4.79 Å². The summed E-state index contributed by atoms with van der Waals surface area (Å²) in [6.45, 7) is 1.04. The standard InChI is InChI=1S/C24H24N4O3S/c29-22(17-11-13-28(14-12-17)24(31)27-18-6-2-1-3-7-18)25-19-8-4-9-20(16-19)26-23(30)21-10-5-15-32-21/h1-10,15-17H,11-14H2,(H,25,29)(H,26,30)(H,27,31). The molecule has 3 aromatic rings. The number of rotatable bonds is 5. The lowest BCUT2D eigenvalue weighted by atomic mass is 9.96. The Morgan fingerprint density at radius 1 is 0.781 bits per heavy atom. The van der Waals surface area contributed by atoms with Gasteiger partial charge in [-0.05, 0) is 54.6 Å². The zero-order valence-corrected chi connectivity index (χ0v) is 18.2. The van der Waals surface area contributed by atoms with Crippen molar-refractivity contribution in [3.8, 4) is 0 Å². The minimum atomic E-state index is -0.176. The molecular weight excluding hydrogens is 424 g/mol. The number of nitrogens with one attached hydrogen (secondary N) is 3. The first-order valence-corrected chi connectivity index (χ1v) is 11.3. The second kappa shape index (κ2) is 10.1. The molecule has 0 saturated carbocycles. The highest BCUT2D eigenvalue weighted by molar-refractivity contribution is 7.12. The van der Waals surface area contributed by atoms with Crippen LogP contribution in [-0.4, -0.2) is 35.8 Å². The molecule has 3 N–H and O–H groups in total. The second-order valence-corrected chi connectivity index (χ2v) is 8.51. The highest BCUT2D eigenvalue weighted by Crippen LogP contribution is 2.22. The predicted molar refractivity (Wildman–Crippen MR) is 127 cm³/mol. The van der Waals surface area contributed by atoms with Crippen molar-refractivity contribution in [1.82, 2.24) is 4.90 Å². The second-order valence-electron chi connectivity index (χ2n) is 7.56. The maximum atomic E-state index is 12.7. The Morgan fingerprint density at radius 2 is 1.47 bits per heavy atom. The molecule has 4 amide bonds. The fraction of sp³-hybridized carbons (Fsp3) is 0.208. The summed E-state index contributed by atoms with van der Waals surface area (Å²) >= 11 is 1.37. The third-order valence-electron chi connectivity index (χ3n) is 5.31. The van der Waals surface area contributed by atoms with Gasteiger partial charge in [-0.1, -0.05) is 30.3 Å². The van der Waals surface area contributed by atoms with Gasteiger partial charge in [-0.3, -0.25) is 9.59 Å². The number of likely N-dealkylation sites (tertiary alicyclic amines) is 1. The van der Waals surface area contributed by atoms with Crippen LogP contribution in [0.2, 0.25) is 0 Å². The van der Waals surface area contributed by atoms with Crippen LogP contribution in [0.1, 0.15) is 22.5 Å². The van der Waals surface area contributed by atoms with E-state index in [1.807, 2.05) is 41.8 Å². The molecule has 8 heteroatoms. The van der Waals surface area contributed by atoms with Crippen LogP contribution in [0.15, 0.2) is 72.1 Å². The van der Waals surface area contributed by atoms with Gasteiger partial charge in [0.05, 0.1) is 4.88 Å². The van der Waals surface area contributed by atoms with E-state index >= 15 is 0 Å². The molecule has 0 radical (unpaired) electrons. The van der Waals surface area contributed by atoms with Crippen molar-refractivity contribution in [3.63, 3.8) is 0 Å². The van der Waals surface area contributed by atoms with Crippen molar-refractivity contribution in [1.29, 1.82) is 0 Å². The summed E-state index contributed by atoms with van der Waals surface area (Å²) in [6, 6.07) is 19.9. The Hall–Kier alpha value is -3.65. The topological polar surface area (TPSA) is 90.5 Å². The van der Waals surface area contributed by atoms with Crippen molar-refractivity contribution in [2.75, 3.05) is 29.0 Å². The fourth-order valence-corrected chi connectivity index (χ4v) is 4.21. The minimum absolute atomic E-state index is 0.0742. The van der Waals surface area contributed by atoms with E-state index < -0.39 is 0 Å². The van der Waals surface area contributed by atoms with Crippen LogP contribution in [0.4, 0.5) is 21.9 Å². The molecule has 7 nitrogen and oxygen atoms in total. The van der Waals surface area contributed by atoms with Crippen LogP contribution >= 0.6 is 11.3 Å². The molecular formula is C24H24N4O3S. The maximum Gasteiger partial charge on any atom is 0.321 e. The van der Waals surface area contributed by atoms with Gasteiger partial charge in [0.15, 0.2) is 0 Å². The van der Waals surface area contributed by atoms with Crippen LogP contribution in [0, 0.1) is 5.92 Å². The van der Waals surface area contributed by atoms with Crippen LogP contribution in [0.3, 0.4) is 0 Å². The lowest BCUT2D eigenvalue weighted by molar-refractivity contribution is -0.121. The Labute approximate surface area is 190 Å². The zero-order valence-electron chi connectivity index (χ0n) is 17.4. The van der Waals surface area contributed by atoms with Gasteiger partial charge in [0.25, 0.3) is 5.91 Å². The normalized spacial score (nSPS) is 13.9. The van der Waals surface area contributed by atoms with Gasteiger partial charge in [-0.25, -0.2) is 4.79 Å². The molecule has 0 spiro atoms. The van der Waals surface area contributed by atoms with E-state index in [1.165, 1.54) is 11.3 Å². The number of hydrogen-bond acceptors (Lipinski definition) is 4. The van der Waals surface area contributed by atoms with Crippen molar-refractivity contribution in [2.24, 2.45) is 5.92 Å². The average molecular weight is 449 g/mol. The molecule has 1 aliphatic rings. The van der Waals surface area contributed by atoms with Gasteiger partial charge in [-0.15, -0.1) is 11.3 Å². The molecule has 4 rings (SSSR count). The molecule has 0 atom stereocenters. The zero-order chi connectivity index (χ0) is 22.3. The number of para-hydroxylation sites is 1. The highest BCUT2D eigenvalue weighted by atomic mass is 32.1. The van der Waals surface area contributed by atoms with Crippen molar-refractivity contribution < 1.29 is 14.4 Å². The molecule has 0 unspecified atom stereocenters.